The van der Waals surface area contributed by atoms with Crippen LogP contribution in [0.3, 0.4) is 0 Å². The normalized spacial score (nSPS) is 19.9. The Morgan fingerprint density at radius 2 is 1.27 bits per heavy atom. The molecule has 4 heteroatoms. The number of hydrogen-bond donors (Lipinski definition) is 0. The van der Waals surface area contributed by atoms with E-state index < -0.39 is 0 Å². The molecule has 0 aromatic heterocycles. The van der Waals surface area contributed by atoms with Gasteiger partial charge in [-0.1, -0.05) is 111 Å². The molecule has 194 valence electrons. The minimum Gasteiger partial charge on any atom is -0.469 e. The van der Waals surface area contributed by atoms with E-state index in [-0.39, 0.29) is 30.9 Å². The second kappa shape index (κ2) is 18.3. The van der Waals surface area contributed by atoms with Crippen LogP contribution in [0.4, 0.5) is 0 Å². The topological polar surface area (TPSA) is 52.6 Å². The van der Waals surface area contributed by atoms with Crippen LogP contribution in [0.2, 0.25) is 0 Å². The molecule has 0 bridgehead atoms. The van der Waals surface area contributed by atoms with Gasteiger partial charge in [-0.15, -0.1) is 0 Å². The standard InChI is InChI=1S/C29H54O4/c1-5-8-9-10-11-12-13-14-15-16-17-18-20-25-26(21-19-24-29(25,6-2)7-3)33-28(31)23-22-27(30)32-4/h25-26H,5-24H2,1-4H3. The predicted molar refractivity (Wildman–Crippen MR) is 137 cm³/mol. The van der Waals surface area contributed by atoms with Gasteiger partial charge in [0.2, 0.25) is 0 Å². The number of ether oxygens (including phenoxy) is 2. The lowest BCUT2D eigenvalue weighted by molar-refractivity contribution is -0.162. The SMILES string of the molecule is CCCCCCCCCCCCCCC1C(OC(=O)CCC(=O)OC)CCCC1(CC)CC. The lowest BCUT2D eigenvalue weighted by Gasteiger charge is -2.47. The molecular formula is C29H54O4. The Morgan fingerprint density at radius 3 is 1.79 bits per heavy atom. The molecule has 0 radical (unpaired) electrons. The number of esters is 2. The largest absolute Gasteiger partial charge is 0.469 e. The van der Waals surface area contributed by atoms with Crippen molar-refractivity contribution in [3.63, 3.8) is 0 Å². The Bertz CT molecular complexity index is 512. The van der Waals surface area contributed by atoms with Gasteiger partial charge in [0, 0.05) is 5.92 Å². The highest BCUT2D eigenvalue weighted by atomic mass is 16.5. The molecule has 0 aromatic rings. The Balaban J connectivity index is 2.38. The number of rotatable bonds is 19. The average molecular weight is 467 g/mol. The number of carbonyl (C=O) groups excluding carboxylic acids is 2. The first-order valence-corrected chi connectivity index (χ1v) is 14.3. The van der Waals surface area contributed by atoms with Crippen LogP contribution in [0.1, 0.15) is 149 Å². The molecule has 0 saturated heterocycles. The quantitative estimate of drug-likeness (QED) is 0.141. The first-order chi connectivity index (χ1) is 16.0. The molecule has 0 aromatic carbocycles. The van der Waals surface area contributed by atoms with Gasteiger partial charge in [-0.25, -0.2) is 0 Å². The molecule has 33 heavy (non-hydrogen) atoms. The summed E-state index contributed by atoms with van der Waals surface area (Å²) >= 11 is 0. The smallest absolute Gasteiger partial charge is 0.306 e. The molecule has 1 rings (SSSR count). The lowest BCUT2D eigenvalue weighted by Crippen LogP contribution is -2.43. The van der Waals surface area contributed by atoms with Gasteiger partial charge in [-0.05, 0) is 31.1 Å². The average Bonchev–Trinajstić information content (AvgIpc) is 2.83. The van der Waals surface area contributed by atoms with E-state index in [9.17, 15) is 9.59 Å². The highest BCUT2D eigenvalue weighted by Crippen LogP contribution is 2.49. The van der Waals surface area contributed by atoms with E-state index in [2.05, 4.69) is 25.5 Å². The summed E-state index contributed by atoms with van der Waals surface area (Å²) in [6, 6.07) is 0. The van der Waals surface area contributed by atoms with Crippen molar-refractivity contribution >= 4 is 11.9 Å². The Labute approximate surface area is 205 Å². The highest BCUT2D eigenvalue weighted by molar-refractivity contribution is 5.77. The minimum atomic E-state index is -0.347. The fraction of sp³-hybridized carbons (Fsp3) is 0.931. The first-order valence-electron chi connectivity index (χ1n) is 14.3. The fourth-order valence-corrected chi connectivity index (χ4v) is 5.94. The third kappa shape index (κ3) is 11.8. The zero-order valence-corrected chi connectivity index (χ0v) is 22.4. The Hall–Kier alpha value is -1.06. The summed E-state index contributed by atoms with van der Waals surface area (Å²) in [5.74, 6) is -0.139. The van der Waals surface area contributed by atoms with E-state index in [1.807, 2.05) is 0 Å². The molecule has 2 atom stereocenters. The van der Waals surface area contributed by atoms with Gasteiger partial charge >= 0.3 is 11.9 Å². The van der Waals surface area contributed by atoms with Crippen LogP contribution in [0, 0.1) is 11.3 Å². The Kier molecular flexibility index (Phi) is 16.6. The zero-order valence-electron chi connectivity index (χ0n) is 22.4. The highest BCUT2D eigenvalue weighted by Gasteiger charge is 2.44. The number of hydrogen-bond acceptors (Lipinski definition) is 4. The second-order valence-corrected chi connectivity index (χ2v) is 10.4. The van der Waals surface area contributed by atoms with Crippen molar-refractivity contribution in [2.24, 2.45) is 11.3 Å². The van der Waals surface area contributed by atoms with Gasteiger partial charge in [-0.2, -0.15) is 0 Å². The Morgan fingerprint density at radius 1 is 0.758 bits per heavy atom. The summed E-state index contributed by atoms with van der Waals surface area (Å²) in [6.07, 6.45) is 23.4. The molecule has 4 nitrogen and oxygen atoms in total. The van der Waals surface area contributed by atoms with Gasteiger partial charge in [0.15, 0.2) is 0 Å². The summed E-state index contributed by atoms with van der Waals surface area (Å²) in [5.41, 5.74) is 0.295. The molecule has 0 spiro atoms. The number of methoxy groups -OCH3 is 1. The van der Waals surface area contributed by atoms with Crippen LogP contribution in [0.25, 0.3) is 0 Å². The predicted octanol–water partition coefficient (Wildman–Crippen LogP) is 8.55. The summed E-state index contributed by atoms with van der Waals surface area (Å²) in [4.78, 5) is 23.8. The van der Waals surface area contributed by atoms with Crippen molar-refractivity contribution in [3.05, 3.63) is 0 Å². The van der Waals surface area contributed by atoms with Gasteiger partial charge in [0.1, 0.15) is 6.10 Å². The van der Waals surface area contributed by atoms with Crippen LogP contribution < -0.4 is 0 Å². The van der Waals surface area contributed by atoms with E-state index in [0.717, 1.165) is 32.1 Å². The molecule has 0 N–H and O–H groups in total. The second-order valence-electron chi connectivity index (χ2n) is 10.4. The van der Waals surface area contributed by atoms with E-state index in [4.69, 9.17) is 4.74 Å². The third-order valence-electron chi connectivity index (χ3n) is 8.22. The summed E-state index contributed by atoms with van der Waals surface area (Å²) < 4.78 is 10.6. The van der Waals surface area contributed by atoms with Gasteiger partial charge in [-0.3, -0.25) is 9.59 Å². The molecule has 2 unspecified atom stereocenters. The van der Waals surface area contributed by atoms with Crippen LogP contribution in [-0.4, -0.2) is 25.2 Å². The number of unbranched alkanes of at least 4 members (excludes halogenated alkanes) is 11. The zero-order chi connectivity index (χ0) is 24.4. The lowest BCUT2D eigenvalue weighted by atomic mass is 9.60. The van der Waals surface area contributed by atoms with Crippen molar-refractivity contribution in [1.29, 1.82) is 0 Å². The van der Waals surface area contributed by atoms with E-state index >= 15 is 0 Å². The maximum absolute atomic E-state index is 12.4. The molecule has 0 heterocycles. The first kappa shape index (κ1) is 30.0. The maximum atomic E-state index is 12.4. The van der Waals surface area contributed by atoms with Gasteiger partial charge < -0.3 is 9.47 Å². The van der Waals surface area contributed by atoms with E-state index in [0.29, 0.717) is 11.3 Å². The minimum absolute atomic E-state index is 0.0107. The monoisotopic (exact) mass is 466 g/mol. The molecule has 1 aliphatic rings. The summed E-state index contributed by atoms with van der Waals surface area (Å²) in [6.45, 7) is 6.89. The summed E-state index contributed by atoms with van der Waals surface area (Å²) in [7, 11) is 1.36. The van der Waals surface area contributed by atoms with Crippen LogP contribution in [0.15, 0.2) is 0 Å². The van der Waals surface area contributed by atoms with Crippen molar-refractivity contribution in [1.82, 2.24) is 0 Å². The molecule has 1 aliphatic carbocycles. The van der Waals surface area contributed by atoms with Crippen molar-refractivity contribution in [2.75, 3.05) is 7.11 Å². The van der Waals surface area contributed by atoms with Crippen molar-refractivity contribution in [3.8, 4) is 0 Å². The molecule has 1 saturated carbocycles. The molecule has 0 aliphatic heterocycles. The number of carbonyl (C=O) groups is 2. The van der Waals surface area contributed by atoms with Gasteiger partial charge in [0.05, 0.1) is 20.0 Å². The molecular weight excluding hydrogens is 412 g/mol. The van der Waals surface area contributed by atoms with Crippen molar-refractivity contribution in [2.45, 2.75) is 155 Å². The maximum Gasteiger partial charge on any atom is 0.306 e. The summed E-state index contributed by atoms with van der Waals surface area (Å²) in [5, 5.41) is 0. The fourth-order valence-electron chi connectivity index (χ4n) is 5.94. The van der Waals surface area contributed by atoms with E-state index in [1.54, 1.807) is 0 Å². The third-order valence-corrected chi connectivity index (χ3v) is 8.22. The molecule has 0 amide bonds. The molecule has 1 fully saturated rings. The van der Waals surface area contributed by atoms with Crippen LogP contribution >= 0.6 is 0 Å². The van der Waals surface area contributed by atoms with Gasteiger partial charge in [0.25, 0.3) is 0 Å². The van der Waals surface area contributed by atoms with E-state index in [1.165, 1.54) is 90.6 Å². The van der Waals surface area contributed by atoms with Crippen LogP contribution in [-0.2, 0) is 19.1 Å². The van der Waals surface area contributed by atoms with Crippen molar-refractivity contribution < 1.29 is 19.1 Å². The van der Waals surface area contributed by atoms with Crippen LogP contribution in [0.5, 0.6) is 0 Å².